The molecule has 16 heavy (non-hydrogen) atoms. The van der Waals surface area contributed by atoms with Crippen LogP contribution >= 0.6 is 23.5 Å². The Labute approximate surface area is 104 Å². The van der Waals surface area contributed by atoms with E-state index in [1.54, 1.807) is 23.5 Å². The van der Waals surface area contributed by atoms with Crippen molar-refractivity contribution in [2.45, 2.75) is 25.7 Å². The van der Waals surface area contributed by atoms with Gasteiger partial charge in [-0.15, -0.1) is 0 Å². The van der Waals surface area contributed by atoms with Crippen LogP contribution < -0.4 is 0 Å². The molecule has 0 aromatic heterocycles. The molecule has 0 atom stereocenters. The molecule has 0 aliphatic carbocycles. The lowest BCUT2D eigenvalue weighted by molar-refractivity contribution is -0.138. The first-order chi connectivity index (χ1) is 7.63. The highest BCUT2D eigenvalue weighted by molar-refractivity contribution is 8.02. The third kappa shape index (κ3) is 13.6. The van der Waals surface area contributed by atoms with Crippen molar-refractivity contribution in [1.29, 1.82) is 0 Å². The Kier molecular flexibility index (Phi) is 10.9. The molecular weight excluding hydrogens is 248 g/mol. The quantitative estimate of drug-likeness (QED) is 0.558. The third-order valence-electron chi connectivity index (χ3n) is 1.73. The van der Waals surface area contributed by atoms with Crippen molar-refractivity contribution in [3.8, 4) is 0 Å². The smallest absolute Gasteiger partial charge is 0.303 e. The zero-order valence-electron chi connectivity index (χ0n) is 9.18. The molecule has 0 aliphatic heterocycles. The van der Waals surface area contributed by atoms with Gasteiger partial charge in [-0.3, -0.25) is 9.59 Å². The molecule has 0 unspecified atom stereocenters. The van der Waals surface area contributed by atoms with Gasteiger partial charge in [0.2, 0.25) is 0 Å². The highest BCUT2D eigenvalue weighted by atomic mass is 32.2. The van der Waals surface area contributed by atoms with E-state index in [1.807, 2.05) is 0 Å². The van der Waals surface area contributed by atoms with Crippen molar-refractivity contribution >= 4 is 35.5 Å². The number of aliphatic carboxylic acids is 2. The second kappa shape index (κ2) is 11.1. The van der Waals surface area contributed by atoms with E-state index in [-0.39, 0.29) is 12.8 Å². The molecule has 0 aromatic rings. The number of hydrogen-bond acceptors (Lipinski definition) is 4. The van der Waals surface area contributed by atoms with Crippen LogP contribution in [0.2, 0.25) is 0 Å². The Hall–Kier alpha value is -0.360. The van der Waals surface area contributed by atoms with Gasteiger partial charge in [-0.1, -0.05) is 0 Å². The molecule has 94 valence electrons. The molecular formula is C10H18O4S2. The maximum atomic E-state index is 10.2. The van der Waals surface area contributed by atoms with Crippen molar-refractivity contribution in [2.24, 2.45) is 0 Å². The van der Waals surface area contributed by atoms with Gasteiger partial charge in [-0.2, -0.15) is 23.5 Å². The van der Waals surface area contributed by atoms with Crippen LogP contribution in [-0.2, 0) is 9.59 Å². The molecule has 4 nitrogen and oxygen atoms in total. The Balaban J connectivity index is 2.98. The summed E-state index contributed by atoms with van der Waals surface area (Å²) in [6.07, 6.45) is 1.95. The molecule has 0 saturated carbocycles. The van der Waals surface area contributed by atoms with E-state index < -0.39 is 11.9 Å². The van der Waals surface area contributed by atoms with Crippen molar-refractivity contribution < 1.29 is 19.8 Å². The van der Waals surface area contributed by atoms with Crippen molar-refractivity contribution in [3.63, 3.8) is 0 Å². The van der Waals surface area contributed by atoms with Crippen LogP contribution in [0, 0.1) is 0 Å². The minimum atomic E-state index is -0.733. The molecule has 0 saturated heterocycles. The van der Waals surface area contributed by atoms with E-state index in [1.165, 1.54) is 0 Å². The van der Waals surface area contributed by atoms with Crippen LogP contribution in [0.3, 0.4) is 0 Å². The third-order valence-corrected chi connectivity index (χ3v) is 4.13. The van der Waals surface area contributed by atoms with Gasteiger partial charge in [0.05, 0.1) is 0 Å². The Morgan fingerprint density at radius 2 is 1.12 bits per heavy atom. The fourth-order valence-electron chi connectivity index (χ4n) is 0.973. The monoisotopic (exact) mass is 266 g/mol. The summed E-state index contributed by atoms with van der Waals surface area (Å²) in [6, 6.07) is 0. The summed E-state index contributed by atoms with van der Waals surface area (Å²) in [5.41, 5.74) is 0. The molecule has 0 amide bonds. The lowest BCUT2D eigenvalue weighted by Crippen LogP contribution is -1.97. The van der Waals surface area contributed by atoms with Crippen LogP contribution in [0.15, 0.2) is 0 Å². The van der Waals surface area contributed by atoms with E-state index in [0.29, 0.717) is 0 Å². The molecule has 0 aromatic carbocycles. The van der Waals surface area contributed by atoms with E-state index in [2.05, 4.69) is 0 Å². The minimum Gasteiger partial charge on any atom is -0.481 e. The molecule has 0 fully saturated rings. The number of hydrogen-bond donors (Lipinski definition) is 2. The molecule has 0 radical (unpaired) electrons. The van der Waals surface area contributed by atoms with Crippen molar-refractivity contribution in [1.82, 2.24) is 0 Å². The summed E-state index contributed by atoms with van der Waals surface area (Å²) in [6.45, 7) is 0. The van der Waals surface area contributed by atoms with Crippen LogP contribution in [0.4, 0.5) is 0 Å². The van der Waals surface area contributed by atoms with Crippen LogP contribution in [0.25, 0.3) is 0 Å². The number of rotatable bonds is 11. The Morgan fingerprint density at radius 1 is 0.750 bits per heavy atom. The summed E-state index contributed by atoms with van der Waals surface area (Å²) in [7, 11) is 0. The molecule has 0 aliphatic rings. The summed E-state index contributed by atoms with van der Waals surface area (Å²) in [5, 5.41) is 16.8. The van der Waals surface area contributed by atoms with Gasteiger partial charge in [0.25, 0.3) is 0 Å². The van der Waals surface area contributed by atoms with Gasteiger partial charge in [-0.25, -0.2) is 0 Å². The summed E-state index contributed by atoms with van der Waals surface area (Å²) >= 11 is 3.52. The number of carboxylic acids is 2. The lowest BCUT2D eigenvalue weighted by atomic mass is 10.3. The maximum Gasteiger partial charge on any atom is 0.303 e. The average molecular weight is 266 g/mol. The molecule has 0 bridgehead atoms. The van der Waals surface area contributed by atoms with Gasteiger partial charge < -0.3 is 10.2 Å². The minimum absolute atomic E-state index is 0.249. The number of carboxylic acid groups (broad SMARTS) is 2. The molecule has 2 N–H and O–H groups in total. The van der Waals surface area contributed by atoms with Crippen LogP contribution in [-0.4, -0.2) is 45.2 Å². The first-order valence-electron chi connectivity index (χ1n) is 5.22. The first-order valence-corrected chi connectivity index (χ1v) is 7.53. The van der Waals surface area contributed by atoms with E-state index >= 15 is 0 Å². The van der Waals surface area contributed by atoms with Gasteiger partial charge in [0.15, 0.2) is 0 Å². The summed E-state index contributed by atoms with van der Waals surface area (Å²) < 4.78 is 0. The van der Waals surface area contributed by atoms with E-state index in [9.17, 15) is 9.59 Å². The number of thioether (sulfide) groups is 2. The highest BCUT2D eigenvalue weighted by Gasteiger charge is 1.98. The van der Waals surface area contributed by atoms with E-state index in [0.717, 1.165) is 35.9 Å². The standard InChI is InChI=1S/C10H18O4S2/c11-9(12)3-1-5-15-7-8-16-6-2-4-10(13)14/h1-8H2,(H,11,12)(H,13,14). The SMILES string of the molecule is O=C(O)CCCSCCSCCCC(=O)O. The second-order valence-electron chi connectivity index (χ2n) is 3.22. The van der Waals surface area contributed by atoms with Gasteiger partial charge in [0.1, 0.15) is 0 Å². The van der Waals surface area contributed by atoms with Crippen LogP contribution in [0.1, 0.15) is 25.7 Å². The molecule has 0 rings (SSSR count). The molecule has 0 heterocycles. The lowest BCUT2D eigenvalue weighted by Gasteiger charge is -2.00. The Bertz CT molecular complexity index is 187. The molecule has 6 heteroatoms. The number of carbonyl (C=O) groups is 2. The molecule has 0 spiro atoms. The van der Waals surface area contributed by atoms with Gasteiger partial charge in [-0.05, 0) is 24.3 Å². The highest BCUT2D eigenvalue weighted by Crippen LogP contribution is 2.10. The van der Waals surface area contributed by atoms with Gasteiger partial charge in [0, 0.05) is 24.3 Å². The predicted octanol–water partition coefficient (Wildman–Crippen LogP) is 2.18. The zero-order chi connectivity index (χ0) is 12.2. The first kappa shape index (κ1) is 15.6. The average Bonchev–Trinajstić information content (AvgIpc) is 2.20. The predicted molar refractivity (Wildman–Crippen MR) is 68.4 cm³/mol. The Morgan fingerprint density at radius 3 is 1.44 bits per heavy atom. The fraction of sp³-hybridized carbons (Fsp3) is 0.800. The fourth-order valence-corrected chi connectivity index (χ4v) is 3.02. The van der Waals surface area contributed by atoms with E-state index in [4.69, 9.17) is 10.2 Å². The van der Waals surface area contributed by atoms with Crippen molar-refractivity contribution in [3.05, 3.63) is 0 Å². The second-order valence-corrected chi connectivity index (χ2v) is 5.67. The largest absolute Gasteiger partial charge is 0.481 e. The zero-order valence-corrected chi connectivity index (χ0v) is 10.8. The summed E-state index contributed by atoms with van der Waals surface area (Å²) in [5.74, 6) is 2.34. The van der Waals surface area contributed by atoms with Crippen molar-refractivity contribution in [2.75, 3.05) is 23.0 Å². The normalized spacial score (nSPS) is 10.2. The van der Waals surface area contributed by atoms with Crippen LogP contribution in [0.5, 0.6) is 0 Å². The summed E-state index contributed by atoms with van der Waals surface area (Å²) in [4.78, 5) is 20.4. The topological polar surface area (TPSA) is 74.6 Å². The van der Waals surface area contributed by atoms with Gasteiger partial charge >= 0.3 is 11.9 Å². The maximum absolute atomic E-state index is 10.2.